The minimum absolute atomic E-state index is 0.0149. The van der Waals surface area contributed by atoms with E-state index in [-0.39, 0.29) is 29.1 Å². The van der Waals surface area contributed by atoms with E-state index in [9.17, 15) is 18.0 Å². The van der Waals surface area contributed by atoms with Crippen LogP contribution in [0.3, 0.4) is 0 Å². The van der Waals surface area contributed by atoms with Gasteiger partial charge in [-0.1, -0.05) is 0 Å². The number of nitrogens with one attached hydrogen (secondary N) is 4. The molecule has 6 N–H and O–H groups in total. The molecule has 0 bridgehead atoms. The van der Waals surface area contributed by atoms with Crippen LogP contribution in [0.15, 0.2) is 27.3 Å². The monoisotopic (exact) mass is 438 g/mol. The highest BCUT2D eigenvalue weighted by Gasteiger charge is 2.18. The molecule has 11 nitrogen and oxygen atoms in total. The van der Waals surface area contributed by atoms with Crippen LogP contribution in [0.2, 0.25) is 0 Å². The molecule has 0 fully saturated rings. The number of hydrogen-bond donors (Lipinski definition) is 5. The Balaban J connectivity index is 2.03. The van der Waals surface area contributed by atoms with Crippen LogP contribution in [-0.2, 0) is 10.2 Å². The van der Waals surface area contributed by atoms with E-state index in [0.29, 0.717) is 5.69 Å². The Morgan fingerprint density at radius 3 is 2.76 bits per heavy atom. The highest BCUT2D eigenvalue weighted by molar-refractivity contribution is 9.10. The van der Waals surface area contributed by atoms with Gasteiger partial charge in [-0.2, -0.15) is 8.42 Å². The molecular weight excluding hydrogens is 425 g/mol. The van der Waals surface area contributed by atoms with Crippen molar-refractivity contribution in [2.45, 2.75) is 6.17 Å². The predicted octanol–water partition coefficient (Wildman–Crippen LogP) is 0.374. The number of nitrogens with two attached hydrogens (primary N) is 1. The molecule has 25 heavy (non-hydrogen) atoms. The third kappa shape index (κ3) is 5.87. The number of rotatable bonds is 9. The van der Waals surface area contributed by atoms with E-state index < -0.39 is 22.2 Å². The molecule has 2 rings (SSSR count). The Morgan fingerprint density at radius 2 is 2.12 bits per heavy atom. The topological polar surface area (TPSA) is 170 Å². The molecule has 0 radical (unpaired) electrons. The molecular formula is C11H14BrFN7O4S-. The molecule has 2 aromatic rings. The van der Waals surface area contributed by atoms with Crippen molar-refractivity contribution in [3.05, 3.63) is 39.4 Å². The lowest BCUT2D eigenvalue weighted by molar-refractivity contribution is 0.302. The van der Waals surface area contributed by atoms with Crippen molar-refractivity contribution in [1.82, 2.24) is 20.5 Å². The maximum absolute atomic E-state index is 13.3. The number of benzene rings is 1. The van der Waals surface area contributed by atoms with Crippen molar-refractivity contribution in [3.8, 4) is 0 Å². The van der Waals surface area contributed by atoms with E-state index in [0.717, 1.165) is 0 Å². The highest BCUT2D eigenvalue weighted by Crippen LogP contribution is 2.24. The van der Waals surface area contributed by atoms with Crippen LogP contribution < -0.4 is 26.0 Å². The van der Waals surface area contributed by atoms with E-state index in [2.05, 4.69) is 46.2 Å². The van der Waals surface area contributed by atoms with Crippen molar-refractivity contribution >= 4 is 37.6 Å². The van der Waals surface area contributed by atoms with Gasteiger partial charge in [0, 0.05) is 18.8 Å². The van der Waals surface area contributed by atoms with Crippen LogP contribution in [0.1, 0.15) is 11.9 Å². The predicted molar refractivity (Wildman–Crippen MR) is 90.9 cm³/mol. The lowest BCUT2D eigenvalue weighted by Crippen LogP contribution is -2.34. The van der Waals surface area contributed by atoms with Gasteiger partial charge in [0.15, 0.2) is 11.5 Å². The lowest BCUT2D eigenvalue weighted by Gasteiger charge is -2.23. The summed E-state index contributed by atoms with van der Waals surface area (Å²) in [6, 6.07) is 4.09. The van der Waals surface area contributed by atoms with Crippen LogP contribution in [0, 0.1) is 11.0 Å². The number of anilines is 2. The van der Waals surface area contributed by atoms with Gasteiger partial charge >= 0.3 is 0 Å². The molecule has 1 atom stereocenters. The van der Waals surface area contributed by atoms with Crippen LogP contribution in [0.4, 0.5) is 15.9 Å². The molecule has 0 saturated carbocycles. The van der Waals surface area contributed by atoms with Gasteiger partial charge in [-0.3, -0.25) is 0 Å². The van der Waals surface area contributed by atoms with Crippen molar-refractivity contribution in [2.75, 3.05) is 23.7 Å². The summed E-state index contributed by atoms with van der Waals surface area (Å²) in [7, 11) is -3.80. The Labute approximate surface area is 150 Å². The average Bonchev–Trinajstić information content (AvgIpc) is 3.00. The fourth-order valence-corrected chi connectivity index (χ4v) is 2.55. The third-order valence-electron chi connectivity index (χ3n) is 2.86. The van der Waals surface area contributed by atoms with E-state index in [1.165, 1.54) is 18.2 Å². The smallest absolute Gasteiger partial charge is 0.274 e. The molecule has 1 aromatic carbocycles. The fourth-order valence-electron chi connectivity index (χ4n) is 1.79. The van der Waals surface area contributed by atoms with Gasteiger partial charge in [-0.15, -0.1) is 0 Å². The molecule has 0 aliphatic rings. The summed E-state index contributed by atoms with van der Waals surface area (Å²) in [6.45, 7) is 0.101. The first kappa shape index (κ1) is 19.5. The zero-order valence-electron chi connectivity index (χ0n) is 12.5. The zero-order chi connectivity index (χ0) is 18.4. The minimum atomic E-state index is -3.80. The molecule has 0 aliphatic carbocycles. The van der Waals surface area contributed by atoms with E-state index in [1.807, 2.05) is 0 Å². The van der Waals surface area contributed by atoms with E-state index in [4.69, 9.17) is 5.14 Å². The largest absolute Gasteiger partial charge is 0.786 e. The van der Waals surface area contributed by atoms with Gasteiger partial charge in [0.2, 0.25) is 0 Å². The van der Waals surface area contributed by atoms with Gasteiger partial charge in [-0.05, 0) is 44.4 Å². The summed E-state index contributed by atoms with van der Waals surface area (Å²) >= 11 is 3.04. The number of halogens is 2. The summed E-state index contributed by atoms with van der Waals surface area (Å²) in [5.74, 6) is -0.330. The number of hydroxylamine groups is 1. The summed E-state index contributed by atoms with van der Waals surface area (Å²) in [5.41, 5.74) is 2.28. The third-order valence-corrected chi connectivity index (χ3v) is 4.07. The zero-order valence-corrected chi connectivity index (χ0v) is 14.9. The SMILES string of the molecule is NS(=O)(=O)NCCNc1nonc1C(N[O-])Nc1ccc(F)c(Br)c1. The Hall–Kier alpha value is -1.84. The van der Waals surface area contributed by atoms with Gasteiger partial charge in [0.25, 0.3) is 10.2 Å². The summed E-state index contributed by atoms with van der Waals surface area (Å²) < 4.78 is 41.7. The summed E-state index contributed by atoms with van der Waals surface area (Å²) in [6.07, 6.45) is -1.04. The van der Waals surface area contributed by atoms with Crippen molar-refractivity contribution in [1.29, 1.82) is 0 Å². The molecule has 0 amide bonds. The standard InChI is InChI=1S/C11H14BrFN7O4S/c12-7-5-6(1-2-8(7)13)17-11(18-21)9-10(20-24-19-9)15-3-4-16-25(14,22)23/h1-2,5,11,16-18H,3-4H2,(H,15,20)(H2,14,22,23)/q-1. The van der Waals surface area contributed by atoms with Gasteiger partial charge in [-0.25, -0.2) is 18.9 Å². The second-order valence-electron chi connectivity index (χ2n) is 4.69. The maximum Gasteiger partial charge on any atom is 0.274 e. The van der Waals surface area contributed by atoms with Crippen molar-refractivity contribution in [3.63, 3.8) is 0 Å². The molecule has 0 aliphatic heterocycles. The Morgan fingerprint density at radius 1 is 1.36 bits per heavy atom. The molecule has 1 heterocycles. The molecule has 0 saturated heterocycles. The first-order valence-corrected chi connectivity index (χ1v) is 9.07. The highest BCUT2D eigenvalue weighted by atomic mass is 79.9. The Kier molecular flexibility index (Phi) is 6.63. The normalized spacial score (nSPS) is 12.8. The number of nitrogens with zero attached hydrogens (tertiary/aromatic N) is 2. The van der Waals surface area contributed by atoms with E-state index >= 15 is 0 Å². The quantitative estimate of drug-likeness (QED) is 0.210. The molecule has 138 valence electrons. The molecule has 1 unspecified atom stereocenters. The summed E-state index contributed by atoms with van der Waals surface area (Å²) in [4.78, 5) is 0. The Bertz CT molecular complexity index is 819. The molecule has 1 aromatic heterocycles. The van der Waals surface area contributed by atoms with Gasteiger partial charge < -0.3 is 21.3 Å². The van der Waals surface area contributed by atoms with Crippen LogP contribution in [-0.4, -0.2) is 31.8 Å². The van der Waals surface area contributed by atoms with Crippen LogP contribution >= 0.6 is 15.9 Å². The number of aromatic nitrogens is 2. The first-order valence-electron chi connectivity index (χ1n) is 6.73. The first-order chi connectivity index (χ1) is 11.8. The van der Waals surface area contributed by atoms with Gasteiger partial charge in [0.1, 0.15) is 12.0 Å². The fraction of sp³-hybridized carbons (Fsp3) is 0.273. The van der Waals surface area contributed by atoms with Crippen LogP contribution in [0.5, 0.6) is 0 Å². The molecule has 0 spiro atoms. The van der Waals surface area contributed by atoms with Crippen molar-refractivity contribution < 1.29 is 17.4 Å². The summed E-state index contributed by atoms with van der Waals surface area (Å²) in [5, 5.41) is 28.8. The maximum atomic E-state index is 13.3. The van der Waals surface area contributed by atoms with Crippen LogP contribution in [0.25, 0.3) is 0 Å². The lowest BCUT2D eigenvalue weighted by atomic mass is 10.2. The molecule has 14 heteroatoms. The van der Waals surface area contributed by atoms with Gasteiger partial charge in [0.05, 0.1) is 4.47 Å². The second kappa shape index (κ2) is 8.50. The average molecular weight is 439 g/mol. The van der Waals surface area contributed by atoms with Crippen molar-refractivity contribution in [2.24, 2.45) is 5.14 Å². The minimum Gasteiger partial charge on any atom is -0.786 e. The van der Waals surface area contributed by atoms with E-state index in [1.54, 1.807) is 5.48 Å². The second-order valence-corrected chi connectivity index (χ2v) is 6.92. The number of hydrogen-bond acceptors (Lipinski definition) is 9.